The predicted molar refractivity (Wildman–Crippen MR) is 105 cm³/mol. The molecular weight excluding hydrogens is 386 g/mol. The summed E-state index contributed by atoms with van der Waals surface area (Å²) in [4.78, 5) is 7.37. The van der Waals surface area contributed by atoms with E-state index < -0.39 is 10.0 Å². The third kappa shape index (κ3) is 3.42. The average Bonchev–Trinajstić information content (AvgIpc) is 3.11. The minimum absolute atomic E-state index is 0.183. The van der Waals surface area contributed by atoms with Gasteiger partial charge in [-0.3, -0.25) is 0 Å². The fraction of sp³-hybridized carbons (Fsp3) is 0.316. The molecule has 2 aromatic heterocycles. The Morgan fingerprint density at radius 2 is 2.00 bits per heavy atom. The molecule has 1 fully saturated rings. The number of benzene rings is 1. The fourth-order valence-electron chi connectivity index (χ4n) is 3.66. The smallest absolute Gasteiger partial charge is 0.244 e. The molecule has 3 aromatic rings. The van der Waals surface area contributed by atoms with Crippen LogP contribution in [0.2, 0.25) is 5.15 Å². The van der Waals surface area contributed by atoms with Gasteiger partial charge < -0.3 is 9.72 Å². The third-order valence-electron chi connectivity index (χ3n) is 5.15. The topological polar surface area (TPSA) is 75.3 Å². The zero-order valence-electron chi connectivity index (χ0n) is 14.9. The number of aromatic amines is 1. The second-order valence-electron chi connectivity index (χ2n) is 6.65. The summed E-state index contributed by atoms with van der Waals surface area (Å²) in [5.41, 5.74) is 2.28. The molecule has 1 aromatic carbocycles. The molecule has 1 aliphatic rings. The van der Waals surface area contributed by atoms with Crippen molar-refractivity contribution in [3.63, 3.8) is 0 Å². The Bertz CT molecular complexity index is 1060. The summed E-state index contributed by atoms with van der Waals surface area (Å²) in [5, 5.41) is 1.42. The Morgan fingerprint density at radius 1 is 1.22 bits per heavy atom. The van der Waals surface area contributed by atoms with Crippen LogP contribution in [0.15, 0.2) is 47.6 Å². The van der Waals surface area contributed by atoms with Gasteiger partial charge >= 0.3 is 0 Å². The molecule has 0 saturated carbocycles. The molecule has 0 amide bonds. The molecule has 6 nitrogen and oxygen atoms in total. The van der Waals surface area contributed by atoms with Gasteiger partial charge in [0, 0.05) is 36.4 Å². The van der Waals surface area contributed by atoms with Gasteiger partial charge in [-0.05, 0) is 54.7 Å². The molecule has 0 atom stereocenters. The molecule has 0 spiro atoms. The zero-order chi connectivity index (χ0) is 19.0. The van der Waals surface area contributed by atoms with Crippen molar-refractivity contribution in [3.8, 4) is 5.75 Å². The number of methoxy groups -OCH3 is 1. The first kappa shape index (κ1) is 18.3. The van der Waals surface area contributed by atoms with Gasteiger partial charge in [0.1, 0.15) is 15.8 Å². The number of hydrogen-bond acceptors (Lipinski definition) is 4. The molecule has 1 aliphatic heterocycles. The Hall–Kier alpha value is -2.09. The van der Waals surface area contributed by atoms with E-state index in [1.54, 1.807) is 7.11 Å². The Kier molecular flexibility index (Phi) is 4.84. The Morgan fingerprint density at radius 3 is 2.67 bits per heavy atom. The lowest BCUT2D eigenvalue weighted by atomic mass is 9.90. The Balaban J connectivity index is 1.53. The van der Waals surface area contributed by atoms with Crippen LogP contribution in [0.4, 0.5) is 0 Å². The summed E-state index contributed by atoms with van der Waals surface area (Å²) in [6.45, 7) is 0.957. The highest BCUT2D eigenvalue weighted by atomic mass is 35.5. The van der Waals surface area contributed by atoms with Gasteiger partial charge in [-0.15, -0.1) is 0 Å². The van der Waals surface area contributed by atoms with Crippen molar-refractivity contribution in [2.75, 3.05) is 20.2 Å². The van der Waals surface area contributed by atoms with Crippen LogP contribution in [-0.4, -0.2) is 42.9 Å². The van der Waals surface area contributed by atoms with Gasteiger partial charge in [0.05, 0.1) is 7.11 Å². The van der Waals surface area contributed by atoms with Gasteiger partial charge in [0.25, 0.3) is 0 Å². The molecule has 1 N–H and O–H groups in total. The van der Waals surface area contributed by atoms with E-state index in [2.05, 4.69) is 9.97 Å². The number of sulfonamides is 1. The predicted octanol–water partition coefficient (Wildman–Crippen LogP) is 3.79. The van der Waals surface area contributed by atoms with Gasteiger partial charge in [-0.1, -0.05) is 11.6 Å². The summed E-state index contributed by atoms with van der Waals surface area (Å²) in [5.74, 6) is 1.12. The summed E-state index contributed by atoms with van der Waals surface area (Å²) in [7, 11) is -1.88. The minimum atomic E-state index is -3.54. The molecule has 142 valence electrons. The number of fused-ring (bicyclic) bond motifs is 1. The number of pyridine rings is 1. The average molecular weight is 406 g/mol. The van der Waals surface area contributed by atoms with E-state index in [0.717, 1.165) is 29.5 Å². The number of nitrogens with one attached hydrogen (secondary N) is 1. The molecule has 4 rings (SSSR count). The standard InChI is InChI=1S/C19H20ClN3O3S/c1-26-14-2-4-18-16(10-14)17(12-21-18)13-6-8-23(9-7-13)27(24,25)15-3-5-19(20)22-11-15/h2-5,10-13,21H,6-9H2,1H3. The lowest BCUT2D eigenvalue weighted by Crippen LogP contribution is -2.37. The highest BCUT2D eigenvalue weighted by Crippen LogP contribution is 2.35. The fourth-order valence-corrected chi connectivity index (χ4v) is 5.18. The molecule has 0 unspecified atom stereocenters. The quantitative estimate of drug-likeness (QED) is 0.670. The van der Waals surface area contributed by atoms with Gasteiger partial charge in [0.15, 0.2) is 0 Å². The largest absolute Gasteiger partial charge is 0.497 e. The first-order valence-electron chi connectivity index (χ1n) is 8.76. The summed E-state index contributed by atoms with van der Waals surface area (Å²) in [6, 6.07) is 8.97. The highest BCUT2D eigenvalue weighted by Gasteiger charge is 2.31. The van der Waals surface area contributed by atoms with Crippen LogP contribution in [0, 0.1) is 0 Å². The maximum Gasteiger partial charge on any atom is 0.244 e. The minimum Gasteiger partial charge on any atom is -0.497 e. The lowest BCUT2D eigenvalue weighted by molar-refractivity contribution is 0.320. The van der Waals surface area contributed by atoms with Crippen molar-refractivity contribution in [2.24, 2.45) is 0 Å². The molecular formula is C19H20ClN3O3S. The monoisotopic (exact) mass is 405 g/mol. The van der Waals surface area contributed by atoms with Crippen LogP contribution in [0.5, 0.6) is 5.75 Å². The van der Waals surface area contributed by atoms with E-state index in [1.807, 2.05) is 24.4 Å². The van der Waals surface area contributed by atoms with E-state index in [1.165, 1.54) is 28.2 Å². The molecule has 8 heteroatoms. The van der Waals surface area contributed by atoms with E-state index in [4.69, 9.17) is 16.3 Å². The van der Waals surface area contributed by atoms with Gasteiger partial charge in [-0.25, -0.2) is 13.4 Å². The number of nitrogens with zero attached hydrogens (tertiary/aromatic N) is 2. The molecule has 1 saturated heterocycles. The summed E-state index contributed by atoms with van der Waals surface area (Å²) in [6.07, 6.45) is 4.88. The normalized spacial score (nSPS) is 16.7. The number of aromatic nitrogens is 2. The third-order valence-corrected chi connectivity index (χ3v) is 7.26. The van der Waals surface area contributed by atoms with Crippen LogP contribution >= 0.6 is 11.6 Å². The number of hydrogen-bond donors (Lipinski definition) is 1. The van der Waals surface area contributed by atoms with E-state index >= 15 is 0 Å². The maximum absolute atomic E-state index is 12.8. The lowest BCUT2D eigenvalue weighted by Gasteiger charge is -2.31. The first-order valence-corrected chi connectivity index (χ1v) is 10.6. The number of H-pyrrole nitrogens is 1. The summed E-state index contributed by atoms with van der Waals surface area (Å²) >= 11 is 5.76. The van der Waals surface area contributed by atoms with Gasteiger partial charge in [-0.2, -0.15) is 4.31 Å². The zero-order valence-corrected chi connectivity index (χ0v) is 16.4. The van der Waals surface area contributed by atoms with Crippen molar-refractivity contribution in [1.82, 2.24) is 14.3 Å². The Labute approximate surface area is 163 Å². The van der Waals surface area contributed by atoms with Crippen molar-refractivity contribution in [2.45, 2.75) is 23.7 Å². The second kappa shape index (κ2) is 7.14. The van der Waals surface area contributed by atoms with Crippen LogP contribution < -0.4 is 4.74 Å². The van der Waals surface area contributed by atoms with Crippen molar-refractivity contribution < 1.29 is 13.2 Å². The maximum atomic E-state index is 12.8. The van der Waals surface area contributed by atoms with Crippen LogP contribution in [0.3, 0.4) is 0 Å². The molecule has 0 radical (unpaired) electrons. The molecule has 0 aliphatic carbocycles. The number of rotatable bonds is 4. The second-order valence-corrected chi connectivity index (χ2v) is 8.98. The van der Waals surface area contributed by atoms with Gasteiger partial charge in [0.2, 0.25) is 10.0 Å². The summed E-state index contributed by atoms with van der Waals surface area (Å²) < 4.78 is 32.5. The van der Waals surface area contributed by atoms with Crippen LogP contribution in [0.1, 0.15) is 24.3 Å². The van der Waals surface area contributed by atoms with Crippen LogP contribution in [-0.2, 0) is 10.0 Å². The van der Waals surface area contributed by atoms with E-state index in [0.29, 0.717) is 19.0 Å². The van der Waals surface area contributed by atoms with E-state index in [-0.39, 0.29) is 10.0 Å². The number of piperidine rings is 1. The van der Waals surface area contributed by atoms with Crippen molar-refractivity contribution >= 4 is 32.5 Å². The molecule has 3 heterocycles. The molecule has 27 heavy (non-hydrogen) atoms. The highest BCUT2D eigenvalue weighted by molar-refractivity contribution is 7.89. The van der Waals surface area contributed by atoms with Crippen LogP contribution in [0.25, 0.3) is 10.9 Å². The number of halogens is 1. The van der Waals surface area contributed by atoms with Crippen molar-refractivity contribution in [3.05, 3.63) is 53.4 Å². The van der Waals surface area contributed by atoms with Crippen molar-refractivity contribution in [1.29, 1.82) is 0 Å². The first-order chi connectivity index (χ1) is 13.0. The number of ether oxygens (including phenoxy) is 1. The SMILES string of the molecule is COc1ccc2[nH]cc(C3CCN(S(=O)(=O)c4ccc(Cl)nc4)CC3)c2c1. The molecule has 0 bridgehead atoms. The van der Waals surface area contributed by atoms with E-state index in [9.17, 15) is 8.42 Å².